The van der Waals surface area contributed by atoms with Gasteiger partial charge >= 0.3 is 11.6 Å². The molecular weight excluding hydrogens is 419 g/mol. The van der Waals surface area contributed by atoms with E-state index < -0.39 is 10.7 Å². The van der Waals surface area contributed by atoms with Gasteiger partial charge in [-0.1, -0.05) is 35.7 Å². The third-order valence-electron chi connectivity index (χ3n) is 4.66. The Kier molecular flexibility index (Phi) is 6.20. The van der Waals surface area contributed by atoms with Crippen molar-refractivity contribution in [2.75, 3.05) is 18.0 Å². The largest absolute Gasteiger partial charge is 0.430 e. The van der Waals surface area contributed by atoms with Crippen molar-refractivity contribution >= 4 is 27.4 Å². The summed E-state index contributed by atoms with van der Waals surface area (Å²) in [5.74, 6) is -0.175. The summed E-state index contributed by atoms with van der Waals surface area (Å²) in [6, 6.07) is 4.20. The van der Waals surface area contributed by atoms with Crippen LogP contribution in [0.5, 0.6) is 11.6 Å². The van der Waals surface area contributed by atoms with Crippen LogP contribution in [-0.2, 0) is 0 Å². The first-order valence-electron chi connectivity index (χ1n) is 8.86. The minimum atomic E-state index is -0.640. The number of aromatic nitrogens is 2. The molecule has 1 fully saturated rings. The van der Waals surface area contributed by atoms with Crippen LogP contribution >= 0.6 is 15.9 Å². The van der Waals surface area contributed by atoms with Crippen molar-refractivity contribution in [2.24, 2.45) is 5.92 Å². The van der Waals surface area contributed by atoms with E-state index in [-0.39, 0.29) is 23.1 Å². The van der Waals surface area contributed by atoms with Crippen LogP contribution in [0.3, 0.4) is 0 Å². The van der Waals surface area contributed by atoms with E-state index in [1.54, 1.807) is 6.07 Å². The van der Waals surface area contributed by atoms with E-state index in [4.69, 9.17) is 4.74 Å². The van der Waals surface area contributed by atoms with Crippen molar-refractivity contribution in [3.8, 4) is 11.6 Å². The van der Waals surface area contributed by atoms with Crippen LogP contribution in [0.25, 0.3) is 0 Å². The van der Waals surface area contributed by atoms with Gasteiger partial charge in [-0.05, 0) is 37.0 Å². The maximum atomic E-state index is 14.1. The summed E-state index contributed by atoms with van der Waals surface area (Å²) in [5, 5.41) is 11.7. The summed E-state index contributed by atoms with van der Waals surface area (Å²) < 4.78 is 20.0. The molecule has 1 aliphatic heterocycles. The molecule has 0 spiro atoms. The van der Waals surface area contributed by atoms with Crippen LogP contribution in [0, 0.1) is 21.8 Å². The number of nitro groups is 1. The molecule has 1 aromatic carbocycles. The topological polar surface area (TPSA) is 81.4 Å². The third kappa shape index (κ3) is 4.52. The molecule has 0 aliphatic carbocycles. The highest BCUT2D eigenvalue weighted by Crippen LogP contribution is 2.38. The SMILES string of the molecule is CCCC1CCN(c2ncnc(Oc3ccc(Br)cc3F)c2[N+](=O)[O-])CC1. The van der Waals surface area contributed by atoms with Crippen LogP contribution in [0.2, 0.25) is 0 Å². The molecule has 7 nitrogen and oxygen atoms in total. The van der Waals surface area contributed by atoms with Gasteiger partial charge in [0.25, 0.3) is 0 Å². The Bertz CT molecular complexity index is 828. The fraction of sp³-hybridized carbons (Fsp3) is 0.444. The fourth-order valence-corrected chi connectivity index (χ4v) is 3.66. The van der Waals surface area contributed by atoms with Crippen molar-refractivity contribution < 1.29 is 14.1 Å². The first kappa shape index (κ1) is 19.5. The second-order valence-electron chi connectivity index (χ2n) is 6.50. The van der Waals surface area contributed by atoms with Gasteiger partial charge < -0.3 is 9.64 Å². The molecule has 1 aliphatic rings. The van der Waals surface area contributed by atoms with Gasteiger partial charge in [0, 0.05) is 17.6 Å². The normalized spacial score (nSPS) is 15.0. The van der Waals surface area contributed by atoms with Crippen molar-refractivity contribution in [3.63, 3.8) is 0 Å². The van der Waals surface area contributed by atoms with E-state index in [0.717, 1.165) is 25.7 Å². The molecule has 0 amide bonds. The van der Waals surface area contributed by atoms with Gasteiger partial charge in [0.15, 0.2) is 11.6 Å². The molecule has 1 aromatic heterocycles. The standard InChI is InChI=1S/C18H20BrFN4O3/c1-2-3-12-6-8-23(9-7-12)17-16(24(25)26)18(22-11-21-17)27-15-5-4-13(19)10-14(15)20/h4-5,10-12H,2-3,6-9H2,1H3. The Balaban J connectivity index is 1.88. The van der Waals surface area contributed by atoms with Crippen LogP contribution in [0.1, 0.15) is 32.6 Å². The zero-order chi connectivity index (χ0) is 19.4. The van der Waals surface area contributed by atoms with Crippen LogP contribution in [0.4, 0.5) is 15.9 Å². The van der Waals surface area contributed by atoms with E-state index >= 15 is 0 Å². The summed E-state index contributed by atoms with van der Waals surface area (Å²) in [6.07, 6.45) is 5.44. The monoisotopic (exact) mass is 438 g/mol. The number of hydrogen-bond donors (Lipinski definition) is 0. The highest BCUT2D eigenvalue weighted by atomic mass is 79.9. The molecule has 27 heavy (non-hydrogen) atoms. The molecule has 144 valence electrons. The number of piperidine rings is 1. The number of nitrogens with zero attached hydrogens (tertiary/aromatic N) is 4. The summed E-state index contributed by atoms with van der Waals surface area (Å²) in [7, 11) is 0. The van der Waals surface area contributed by atoms with Crippen LogP contribution in [-0.4, -0.2) is 28.0 Å². The van der Waals surface area contributed by atoms with Crippen molar-refractivity contribution in [3.05, 3.63) is 44.9 Å². The number of rotatable bonds is 6. The number of benzene rings is 1. The molecule has 0 atom stereocenters. The molecule has 0 radical (unpaired) electrons. The number of halogens is 2. The van der Waals surface area contributed by atoms with E-state index in [1.807, 2.05) is 4.90 Å². The maximum absolute atomic E-state index is 14.1. The predicted octanol–water partition coefficient (Wildman–Crippen LogP) is 5.10. The minimum Gasteiger partial charge on any atom is -0.430 e. The van der Waals surface area contributed by atoms with Gasteiger partial charge in [-0.3, -0.25) is 10.1 Å². The van der Waals surface area contributed by atoms with Crippen molar-refractivity contribution in [1.29, 1.82) is 0 Å². The van der Waals surface area contributed by atoms with Gasteiger partial charge in [0.05, 0.1) is 4.92 Å². The van der Waals surface area contributed by atoms with Gasteiger partial charge in [-0.25, -0.2) is 9.37 Å². The first-order chi connectivity index (χ1) is 13.0. The van der Waals surface area contributed by atoms with Crippen LogP contribution < -0.4 is 9.64 Å². The zero-order valence-corrected chi connectivity index (χ0v) is 16.5. The smallest absolute Gasteiger partial charge is 0.373 e. The molecule has 9 heteroatoms. The van der Waals surface area contributed by atoms with Gasteiger partial charge in [-0.2, -0.15) is 4.98 Å². The lowest BCUT2D eigenvalue weighted by atomic mass is 9.92. The van der Waals surface area contributed by atoms with Gasteiger partial charge in [0.2, 0.25) is 5.82 Å². The van der Waals surface area contributed by atoms with Gasteiger partial charge in [-0.15, -0.1) is 0 Å². The Hall–Kier alpha value is -2.29. The Morgan fingerprint density at radius 2 is 2.11 bits per heavy atom. The quantitative estimate of drug-likeness (QED) is 0.461. The van der Waals surface area contributed by atoms with Crippen LogP contribution in [0.15, 0.2) is 29.0 Å². The molecule has 1 saturated heterocycles. The number of hydrogen-bond acceptors (Lipinski definition) is 6. The minimum absolute atomic E-state index is 0.132. The fourth-order valence-electron chi connectivity index (χ4n) is 3.32. The van der Waals surface area contributed by atoms with Gasteiger partial charge in [0.1, 0.15) is 6.33 Å². The molecular formula is C18H20BrFN4O3. The molecule has 0 unspecified atom stereocenters. The number of anilines is 1. The molecule has 0 N–H and O–H groups in total. The average Bonchev–Trinajstić information content (AvgIpc) is 2.64. The second kappa shape index (κ2) is 8.60. The highest BCUT2D eigenvalue weighted by molar-refractivity contribution is 9.10. The summed E-state index contributed by atoms with van der Waals surface area (Å²) >= 11 is 3.16. The average molecular weight is 439 g/mol. The molecule has 0 bridgehead atoms. The van der Waals surface area contributed by atoms with Crippen molar-refractivity contribution in [2.45, 2.75) is 32.6 Å². The first-order valence-corrected chi connectivity index (χ1v) is 9.66. The summed E-state index contributed by atoms with van der Waals surface area (Å²) in [6.45, 7) is 3.54. The predicted molar refractivity (Wildman–Crippen MR) is 103 cm³/mol. The van der Waals surface area contributed by atoms with Crippen molar-refractivity contribution in [1.82, 2.24) is 9.97 Å². The van der Waals surface area contributed by atoms with E-state index in [9.17, 15) is 14.5 Å². The molecule has 2 heterocycles. The molecule has 0 saturated carbocycles. The lowest BCUT2D eigenvalue weighted by Gasteiger charge is -2.32. The summed E-state index contributed by atoms with van der Waals surface area (Å²) in [5.41, 5.74) is -0.339. The van der Waals surface area contributed by atoms with E-state index in [1.165, 1.54) is 18.5 Å². The van der Waals surface area contributed by atoms with E-state index in [2.05, 4.69) is 32.8 Å². The highest BCUT2D eigenvalue weighted by Gasteiger charge is 2.31. The Morgan fingerprint density at radius 3 is 2.74 bits per heavy atom. The lowest BCUT2D eigenvalue weighted by Crippen LogP contribution is -2.34. The maximum Gasteiger partial charge on any atom is 0.373 e. The Morgan fingerprint density at radius 1 is 1.37 bits per heavy atom. The third-order valence-corrected chi connectivity index (χ3v) is 5.16. The van der Waals surface area contributed by atoms with E-state index in [0.29, 0.717) is 23.5 Å². The summed E-state index contributed by atoms with van der Waals surface area (Å²) in [4.78, 5) is 21.0. The Labute approximate surface area is 164 Å². The lowest BCUT2D eigenvalue weighted by molar-refractivity contribution is -0.385. The molecule has 2 aromatic rings. The molecule has 3 rings (SSSR count). The zero-order valence-electron chi connectivity index (χ0n) is 14.9. The number of ether oxygens (including phenoxy) is 1. The second-order valence-corrected chi connectivity index (χ2v) is 7.42.